The second-order valence-corrected chi connectivity index (χ2v) is 9.17. The monoisotopic (exact) mass is 729 g/mol. The van der Waals surface area contributed by atoms with Crippen LogP contribution in [0.25, 0.3) is 21.8 Å². The normalized spacial score (nSPS) is 9.71. The maximum absolute atomic E-state index is 10.7. The van der Waals surface area contributed by atoms with E-state index in [1.165, 1.54) is 0 Å². The van der Waals surface area contributed by atoms with Crippen LogP contribution in [0.5, 0.6) is 0 Å². The number of benzene rings is 3. The average Bonchev–Trinajstić information content (AvgIpc) is 2.85. The van der Waals surface area contributed by atoms with Crippen LogP contribution < -0.4 is 0 Å². The van der Waals surface area contributed by atoms with E-state index in [-0.39, 0.29) is 60.9 Å². The van der Waals surface area contributed by atoms with Crippen molar-refractivity contribution >= 4 is 65.2 Å². The van der Waals surface area contributed by atoms with Crippen LogP contribution in [0.2, 0.25) is 0 Å². The molecule has 4 nitrogen and oxygen atoms in total. The molecule has 0 bridgehead atoms. The summed E-state index contributed by atoms with van der Waals surface area (Å²) in [5, 5.41) is 2.28. The van der Waals surface area contributed by atoms with Crippen molar-refractivity contribution in [1.29, 1.82) is 0 Å². The van der Waals surface area contributed by atoms with E-state index in [0.29, 0.717) is 0 Å². The largest absolute Gasteiger partial charge is 3.00 e. The van der Waals surface area contributed by atoms with Gasteiger partial charge in [-0.1, -0.05) is 80.4 Å². The summed E-state index contributed by atoms with van der Waals surface area (Å²) in [6.07, 6.45) is 3.60. The maximum atomic E-state index is 10.7. The van der Waals surface area contributed by atoms with Crippen molar-refractivity contribution in [3.63, 3.8) is 0 Å². The number of ketones is 2. The number of aromatic nitrogens is 2. The second kappa shape index (κ2) is 14.8. The van der Waals surface area contributed by atoms with Gasteiger partial charge in [0, 0.05) is 43.2 Å². The molecule has 3 aromatic carbocycles. The first-order valence-electron chi connectivity index (χ1n) is 10.5. The molecule has 0 unspecified atom stereocenters. The Balaban J connectivity index is 0.000000187. The summed E-state index contributed by atoms with van der Waals surface area (Å²) in [5.74, 6) is 0.208. The van der Waals surface area contributed by atoms with Crippen molar-refractivity contribution in [2.75, 3.05) is 0 Å². The third kappa shape index (κ3) is 9.07. The summed E-state index contributed by atoms with van der Waals surface area (Å²) in [7, 11) is 0. The minimum Gasteiger partial charge on any atom is -0.295 e. The van der Waals surface area contributed by atoms with Crippen molar-refractivity contribution < 1.29 is 59.0 Å². The molecule has 0 fully saturated rings. The zero-order valence-corrected chi connectivity index (χ0v) is 24.7. The number of pyridine rings is 2. The Bertz CT molecular complexity index is 1310. The van der Waals surface area contributed by atoms with Gasteiger partial charge in [-0.05, 0) is 50.2 Å². The molecule has 0 aliphatic heterocycles. The number of hydrogen-bond donors (Lipinski definition) is 0. The maximum Gasteiger partial charge on any atom is 3.00 e. The molecule has 2 heterocycles. The van der Waals surface area contributed by atoms with Crippen LogP contribution in [0.4, 0.5) is 0 Å². The minimum absolute atomic E-state index is 0. The van der Waals surface area contributed by atoms with Crippen LogP contribution >= 0.6 is 31.9 Å². The Morgan fingerprint density at radius 2 is 0.914 bits per heavy atom. The number of halogens is 2. The van der Waals surface area contributed by atoms with Gasteiger partial charge in [-0.15, -0.1) is 0 Å². The van der Waals surface area contributed by atoms with Crippen molar-refractivity contribution in [1.82, 2.24) is 9.97 Å². The number of hydrogen-bond acceptors (Lipinski definition) is 4. The molecule has 174 valence electrons. The number of Topliss-reactive ketones (excluding diaryl/α,β-unsaturated/α-hetero) is 2. The first-order valence-corrected chi connectivity index (χ1v) is 12.0. The van der Waals surface area contributed by atoms with Crippen LogP contribution in [0.1, 0.15) is 34.6 Å². The topological polar surface area (TPSA) is 59.9 Å². The van der Waals surface area contributed by atoms with Crippen molar-refractivity contribution in [3.05, 3.63) is 117 Å². The molecule has 5 rings (SSSR count). The summed E-state index contributed by atoms with van der Waals surface area (Å²) < 4.78 is 2.00. The fraction of sp³-hybridized carbons (Fsp3) is 0.0714. The number of carbonyl (C=O) groups excluding carboxylic acids is 2. The van der Waals surface area contributed by atoms with Gasteiger partial charge in [0.15, 0.2) is 11.6 Å². The molecule has 0 spiro atoms. The average molecular weight is 730 g/mol. The molecule has 2 aromatic heterocycles. The van der Waals surface area contributed by atoms with Crippen molar-refractivity contribution in [2.24, 2.45) is 0 Å². The molecule has 0 saturated heterocycles. The second-order valence-electron chi connectivity index (χ2n) is 7.34. The van der Waals surface area contributed by atoms with E-state index < -0.39 is 0 Å². The molecule has 0 amide bonds. The fourth-order valence-electron chi connectivity index (χ4n) is 3.05. The van der Waals surface area contributed by atoms with E-state index in [4.69, 9.17) is 0 Å². The Morgan fingerprint density at radius 1 is 0.571 bits per heavy atom. The number of fused-ring (bicyclic) bond motifs is 3. The van der Waals surface area contributed by atoms with E-state index in [1.807, 2.05) is 36.4 Å². The molecule has 0 atom stereocenters. The van der Waals surface area contributed by atoms with Gasteiger partial charge >= 0.3 is 49.4 Å². The molecule has 0 saturated carbocycles. The Kier molecular flexibility index (Phi) is 12.5. The molecular weight excluding hydrogens is 708 g/mol. The predicted octanol–water partition coefficient (Wildman–Crippen LogP) is 8.09. The summed E-state index contributed by atoms with van der Waals surface area (Å²) in [4.78, 5) is 30.2. The first-order chi connectivity index (χ1) is 16.3. The predicted molar refractivity (Wildman–Crippen MR) is 145 cm³/mol. The zero-order chi connectivity index (χ0) is 24.5. The quantitative estimate of drug-likeness (QED) is 0.136. The van der Waals surface area contributed by atoms with Gasteiger partial charge in [-0.25, -0.2) is 0 Å². The van der Waals surface area contributed by atoms with Gasteiger partial charge in [-0.3, -0.25) is 19.6 Å². The van der Waals surface area contributed by atoms with Gasteiger partial charge in [0.25, 0.3) is 0 Å². The Hall–Kier alpha value is -1.64. The molecule has 35 heavy (non-hydrogen) atoms. The molecular formula is C28H22Br2EuN2O2+3. The first kappa shape index (κ1) is 29.6. The van der Waals surface area contributed by atoms with E-state index in [0.717, 1.165) is 41.9 Å². The number of nitrogens with zero attached hydrogens (tertiary/aromatic N) is 2. The molecule has 5 aromatic rings. The minimum atomic E-state index is 0. The molecule has 0 N–H and O–H groups in total. The smallest absolute Gasteiger partial charge is 0.295 e. The van der Waals surface area contributed by atoms with Gasteiger partial charge in [-0.2, -0.15) is 0 Å². The van der Waals surface area contributed by atoms with Crippen LogP contribution in [-0.4, -0.2) is 21.5 Å². The third-order valence-corrected chi connectivity index (χ3v) is 5.90. The van der Waals surface area contributed by atoms with Crippen LogP contribution in [-0.2, 0) is 0 Å². The SMILES string of the molecule is CC(=O)c1ccc(Br)cc1.CC(=O)c1ccc(Br)cc1.[Eu+3].c1cnc2c(c1)ccc1cccnc12. The summed E-state index contributed by atoms with van der Waals surface area (Å²) in [6, 6.07) is 26.8. The third-order valence-electron chi connectivity index (χ3n) is 4.85. The van der Waals surface area contributed by atoms with E-state index >= 15 is 0 Å². The van der Waals surface area contributed by atoms with Crippen molar-refractivity contribution in [2.45, 2.75) is 13.8 Å². The van der Waals surface area contributed by atoms with Gasteiger partial charge in [0.1, 0.15) is 0 Å². The molecule has 0 aliphatic carbocycles. The Morgan fingerprint density at radius 3 is 1.23 bits per heavy atom. The van der Waals surface area contributed by atoms with Crippen molar-refractivity contribution in [3.8, 4) is 0 Å². The number of rotatable bonds is 2. The van der Waals surface area contributed by atoms with E-state index in [1.54, 1.807) is 50.5 Å². The van der Waals surface area contributed by atoms with E-state index in [2.05, 4.69) is 66.1 Å². The van der Waals surface area contributed by atoms with Crippen LogP contribution in [0.15, 0.2) is 106 Å². The fourth-order valence-corrected chi connectivity index (χ4v) is 3.58. The summed E-state index contributed by atoms with van der Waals surface area (Å²) >= 11 is 6.57. The summed E-state index contributed by atoms with van der Waals surface area (Å²) in [6.45, 7) is 3.12. The molecule has 0 aliphatic rings. The Labute approximate surface area is 262 Å². The standard InChI is InChI=1S/C12H8N2.2C8H7BrO.Eu/c1-3-9-5-6-10-4-2-8-14-12(10)11(9)13-7-1;2*1-6(10)7-2-4-8(9)5-3-7;/h1-8H;2*2-5H,1H3;/q;;;+3. The van der Waals surface area contributed by atoms with E-state index in [9.17, 15) is 9.59 Å². The number of carbonyl (C=O) groups is 2. The van der Waals surface area contributed by atoms with Gasteiger partial charge in [0.2, 0.25) is 0 Å². The molecule has 0 radical (unpaired) electrons. The van der Waals surface area contributed by atoms with Crippen LogP contribution in [0, 0.1) is 49.4 Å². The van der Waals surface area contributed by atoms with Gasteiger partial charge in [0.05, 0.1) is 11.0 Å². The molecule has 7 heteroatoms. The van der Waals surface area contributed by atoms with Crippen LogP contribution in [0.3, 0.4) is 0 Å². The van der Waals surface area contributed by atoms with Gasteiger partial charge < -0.3 is 0 Å². The zero-order valence-electron chi connectivity index (χ0n) is 19.1. The summed E-state index contributed by atoms with van der Waals surface area (Å²) in [5.41, 5.74) is 3.46.